The summed E-state index contributed by atoms with van der Waals surface area (Å²) in [5.41, 5.74) is 30.7. The third-order valence-electron chi connectivity index (χ3n) is 21.4. The monoisotopic (exact) mass is 1270 g/mol. The van der Waals surface area contributed by atoms with Gasteiger partial charge in [0.15, 0.2) is 0 Å². The molecule has 2 nitrogen and oxygen atoms in total. The van der Waals surface area contributed by atoms with Crippen molar-refractivity contribution in [3.63, 3.8) is 0 Å². The van der Waals surface area contributed by atoms with Gasteiger partial charge in [-0.2, -0.15) is 12.6 Å². The molecule has 0 saturated heterocycles. The van der Waals surface area contributed by atoms with E-state index in [9.17, 15) is 0 Å². The molecule has 2 aliphatic rings. The Bertz CT molecular complexity index is 5300. The summed E-state index contributed by atoms with van der Waals surface area (Å²) in [7, 11) is 0. The van der Waals surface area contributed by atoms with Crippen molar-refractivity contribution in [2.45, 2.75) is 132 Å². The van der Waals surface area contributed by atoms with Gasteiger partial charge in [-0.15, -0.1) is 0 Å². The van der Waals surface area contributed by atoms with Gasteiger partial charge in [0.25, 0.3) is 0 Å². The Balaban J connectivity index is 0.00000154. The molecular formula is C93H90N2S. The maximum Gasteiger partial charge on any atom is 0.0546 e. The van der Waals surface area contributed by atoms with Crippen molar-refractivity contribution in [3.05, 3.63) is 286 Å². The largest absolute Gasteiger partial charge is 0.310 e. The van der Waals surface area contributed by atoms with Gasteiger partial charge in [0.2, 0.25) is 0 Å². The topological polar surface area (TPSA) is 6.48 Å². The number of rotatable bonds is 13. The Kier molecular flexibility index (Phi) is 17.1. The van der Waals surface area contributed by atoms with Gasteiger partial charge in [0.1, 0.15) is 0 Å². The van der Waals surface area contributed by atoms with E-state index in [1.165, 1.54) is 177 Å². The molecule has 0 aliphatic heterocycles. The molecule has 0 amide bonds. The molecule has 0 aromatic heterocycles. The lowest BCUT2D eigenvalue weighted by Gasteiger charge is -2.33. The van der Waals surface area contributed by atoms with E-state index in [1.807, 2.05) is 0 Å². The molecule has 0 atom stereocenters. The van der Waals surface area contributed by atoms with Crippen LogP contribution in [-0.4, -0.2) is 6.26 Å². The zero-order chi connectivity index (χ0) is 66.9. The van der Waals surface area contributed by atoms with Crippen LogP contribution in [0.3, 0.4) is 0 Å². The van der Waals surface area contributed by atoms with Gasteiger partial charge in [-0.1, -0.05) is 240 Å². The van der Waals surface area contributed by atoms with Crippen molar-refractivity contribution >= 4 is 101 Å². The second-order valence-electron chi connectivity index (χ2n) is 27.7. The molecule has 0 spiro atoms. The average molecular weight is 1270 g/mol. The molecule has 0 fully saturated rings. The Morgan fingerprint density at radius 3 is 1.08 bits per heavy atom. The van der Waals surface area contributed by atoms with Crippen molar-refractivity contribution in [2.24, 2.45) is 0 Å². The standard InChI is InChI=1S/C89H78N2.C3H8.CH4S/c1-11-55-47-66(44-54(6)68(55)14-4)90(64-36-38-72-70-28-20-22-30-80(70)88(7,8)82(72)50-64)84-52-78(62-34-32-58-24-16-18-26-60(58)45-62)74-41-43-77-85(53-79(75-40-42-76(84)86(74)87(75)77)63-35-33-59-25-17-19-27-61(59)46-63)91(67-48-56(12-2)69(15-5)57(13-3)49-67)65-37-39-73-71-29-21-23-31-81(71)89(9,10)83(73)51-65;1-3-2;1-2/h16-53H,11-15H2,1-10H3;3H2,1-2H3;2H,1H3. The molecule has 0 heterocycles. The van der Waals surface area contributed by atoms with Gasteiger partial charge in [0.05, 0.1) is 11.4 Å². The summed E-state index contributed by atoms with van der Waals surface area (Å²) >= 11 is 3.53. The van der Waals surface area contributed by atoms with E-state index < -0.39 is 0 Å². The van der Waals surface area contributed by atoms with E-state index in [4.69, 9.17) is 0 Å². The van der Waals surface area contributed by atoms with Crippen molar-refractivity contribution < 1.29 is 0 Å². The highest BCUT2D eigenvalue weighted by Gasteiger charge is 2.38. The lowest BCUT2D eigenvalue weighted by Crippen LogP contribution is -2.17. The first-order valence-electron chi connectivity index (χ1n) is 35.3. The second kappa shape index (κ2) is 25.6. The smallest absolute Gasteiger partial charge is 0.0546 e. The zero-order valence-corrected chi connectivity index (χ0v) is 59.4. The SMILES string of the molecule is CCC.CCc1cc(N(c2ccc3c(c2)C(C)(C)c2ccccc2-3)c2cc(-c3ccc4ccccc4c3)c3ccc4c(N(c5cc(CC)c(CC)c(CC)c5)c5ccc6c(c5)C(C)(C)c5ccccc5-6)cc(-c5ccc6ccccc6c5)c5ccc2c3c54)cc(C)c1CC.CS. The van der Waals surface area contributed by atoms with Crippen LogP contribution < -0.4 is 9.80 Å². The molecule has 2 aliphatic carbocycles. The van der Waals surface area contributed by atoms with Crippen molar-refractivity contribution in [3.8, 4) is 44.5 Å². The molecule has 16 rings (SSSR count). The van der Waals surface area contributed by atoms with Gasteiger partial charge in [-0.3, -0.25) is 0 Å². The molecule has 3 heteroatoms. The summed E-state index contributed by atoms with van der Waals surface area (Å²) < 4.78 is 0. The van der Waals surface area contributed by atoms with Gasteiger partial charge >= 0.3 is 0 Å². The summed E-state index contributed by atoms with van der Waals surface area (Å²) in [5.74, 6) is 0. The highest BCUT2D eigenvalue weighted by molar-refractivity contribution is 7.79. The van der Waals surface area contributed by atoms with Crippen LogP contribution in [0.1, 0.15) is 138 Å². The van der Waals surface area contributed by atoms with Crippen LogP contribution in [0.25, 0.3) is 98.4 Å². The molecule has 478 valence electrons. The lowest BCUT2D eigenvalue weighted by atomic mass is 9.82. The minimum atomic E-state index is -0.199. The number of hydrogen-bond donors (Lipinski definition) is 1. The van der Waals surface area contributed by atoms with Gasteiger partial charge in [-0.05, 0) is 251 Å². The van der Waals surface area contributed by atoms with E-state index in [-0.39, 0.29) is 10.8 Å². The predicted octanol–water partition coefficient (Wildman–Crippen LogP) is 26.9. The van der Waals surface area contributed by atoms with Crippen LogP contribution in [0.2, 0.25) is 0 Å². The molecule has 0 N–H and O–H groups in total. The Hall–Kier alpha value is -9.41. The van der Waals surface area contributed by atoms with E-state index in [2.05, 4.69) is 336 Å². The Labute approximate surface area is 576 Å². The van der Waals surface area contributed by atoms with Crippen molar-refractivity contribution in [1.82, 2.24) is 0 Å². The van der Waals surface area contributed by atoms with Crippen LogP contribution in [0.15, 0.2) is 231 Å². The number of benzene rings is 14. The molecular weight excluding hydrogens is 1180 g/mol. The fourth-order valence-electron chi connectivity index (χ4n) is 16.8. The second-order valence-corrected chi connectivity index (χ2v) is 27.7. The van der Waals surface area contributed by atoms with E-state index in [0.717, 1.165) is 49.2 Å². The van der Waals surface area contributed by atoms with Crippen LogP contribution in [0, 0.1) is 6.92 Å². The number of aryl methyl sites for hydroxylation is 4. The summed E-state index contributed by atoms with van der Waals surface area (Å²) in [6, 6.07) is 89.8. The van der Waals surface area contributed by atoms with Gasteiger partial charge in [-0.25, -0.2) is 0 Å². The van der Waals surface area contributed by atoms with Crippen LogP contribution in [0.4, 0.5) is 34.1 Å². The molecule has 14 aromatic rings. The average Bonchev–Trinajstić information content (AvgIpc) is 0.847. The summed E-state index contributed by atoms with van der Waals surface area (Å²) in [4.78, 5) is 5.29. The summed E-state index contributed by atoms with van der Waals surface area (Å²) in [6.07, 6.45) is 7.80. The minimum absolute atomic E-state index is 0.199. The Morgan fingerprint density at radius 2 is 0.667 bits per heavy atom. The first-order valence-corrected chi connectivity index (χ1v) is 36.2. The maximum absolute atomic E-state index is 3.53. The predicted molar refractivity (Wildman–Crippen MR) is 423 cm³/mol. The van der Waals surface area contributed by atoms with Crippen molar-refractivity contribution in [1.29, 1.82) is 0 Å². The van der Waals surface area contributed by atoms with Crippen LogP contribution in [-0.2, 0) is 42.9 Å². The fraction of sp³-hybridized carbons (Fsp3) is 0.226. The molecule has 14 aromatic carbocycles. The first-order chi connectivity index (χ1) is 46.7. The zero-order valence-electron chi connectivity index (χ0n) is 58.5. The molecule has 0 unspecified atom stereocenters. The molecule has 0 saturated carbocycles. The third-order valence-corrected chi connectivity index (χ3v) is 21.4. The minimum Gasteiger partial charge on any atom is -0.310 e. The quantitative estimate of drug-likeness (QED) is 0.0908. The lowest BCUT2D eigenvalue weighted by molar-refractivity contribution is 0.660. The van der Waals surface area contributed by atoms with Crippen LogP contribution in [0.5, 0.6) is 0 Å². The third kappa shape index (κ3) is 10.4. The number of thiol groups is 1. The van der Waals surface area contributed by atoms with Crippen molar-refractivity contribution in [2.75, 3.05) is 16.1 Å². The van der Waals surface area contributed by atoms with Crippen LogP contribution >= 0.6 is 12.6 Å². The molecule has 0 radical (unpaired) electrons. The fourth-order valence-corrected chi connectivity index (χ4v) is 16.8. The number of fused-ring (bicyclic) bond motifs is 8. The van der Waals surface area contributed by atoms with Gasteiger partial charge in [0, 0.05) is 55.1 Å². The normalized spacial score (nSPS) is 13.1. The molecule has 0 bridgehead atoms. The maximum atomic E-state index is 3.53. The highest BCUT2D eigenvalue weighted by Crippen LogP contribution is 2.57. The van der Waals surface area contributed by atoms with E-state index in [0.29, 0.717) is 0 Å². The Morgan fingerprint density at radius 1 is 0.302 bits per heavy atom. The summed E-state index contributed by atoms with van der Waals surface area (Å²) in [6.45, 7) is 27.9. The highest BCUT2D eigenvalue weighted by atomic mass is 32.1. The first kappa shape index (κ1) is 64.0. The number of anilines is 6. The van der Waals surface area contributed by atoms with Gasteiger partial charge < -0.3 is 9.80 Å². The number of nitrogens with zero attached hydrogens (tertiary/aromatic N) is 2. The summed E-state index contributed by atoms with van der Waals surface area (Å²) in [5, 5.41) is 12.4. The van der Waals surface area contributed by atoms with E-state index >= 15 is 0 Å². The van der Waals surface area contributed by atoms with E-state index in [1.54, 1.807) is 6.26 Å². The number of hydrogen-bond acceptors (Lipinski definition) is 3. The molecule has 96 heavy (non-hydrogen) atoms.